The fraction of sp³-hybridized carbons (Fsp3) is 0.917. The molecule has 1 saturated heterocycles. The Morgan fingerprint density at radius 3 is 2.36 bits per heavy atom. The van der Waals surface area contributed by atoms with Crippen molar-refractivity contribution in [2.75, 3.05) is 13.1 Å². The van der Waals surface area contributed by atoms with Crippen LogP contribution in [0.1, 0.15) is 46.5 Å². The average Bonchev–Trinajstić information content (AvgIpc) is 2.14. The molecule has 0 saturated carbocycles. The van der Waals surface area contributed by atoms with Gasteiger partial charge < -0.3 is 5.32 Å². The molecule has 1 heterocycles. The van der Waals surface area contributed by atoms with Crippen LogP contribution in [0.3, 0.4) is 0 Å². The average molecular weight is 197 g/mol. The van der Waals surface area contributed by atoms with E-state index in [1.165, 1.54) is 12.8 Å². The van der Waals surface area contributed by atoms with Crippen LogP contribution >= 0.6 is 0 Å². The molecule has 0 spiro atoms. The van der Waals surface area contributed by atoms with Gasteiger partial charge in [0.1, 0.15) is 5.78 Å². The van der Waals surface area contributed by atoms with Crippen LogP contribution in [0.4, 0.5) is 0 Å². The third-order valence-corrected chi connectivity index (χ3v) is 3.07. The van der Waals surface area contributed by atoms with E-state index in [4.69, 9.17) is 0 Å². The molecule has 0 atom stereocenters. The molecule has 14 heavy (non-hydrogen) atoms. The summed E-state index contributed by atoms with van der Waals surface area (Å²) in [6, 6.07) is 0. The van der Waals surface area contributed by atoms with Crippen LogP contribution in [0.15, 0.2) is 0 Å². The molecular weight excluding hydrogens is 174 g/mol. The molecule has 0 aromatic heterocycles. The van der Waals surface area contributed by atoms with Crippen molar-refractivity contribution in [3.8, 4) is 0 Å². The summed E-state index contributed by atoms with van der Waals surface area (Å²) in [5.74, 6) is 1.19. The van der Waals surface area contributed by atoms with Crippen LogP contribution < -0.4 is 5.32 Å². The Morgan fingerprint density at radius 1 is 1.29 bits per heavy atom. The molecule has 0 amide bonds. The standard InChI is InChI=1S/C12H23NO/c1-12(2,3)11(14)5-4-10-6-8-13-9-7-10/h10,13H,4-9H2,1-3H3. The van der Waals surface area contributed by atoms with Crippen LogP contribution in [-0.2, 0) is 4.79 Å². The van der Waals surface area contributed by atoms with Gasteiger partial charge in [-0.15, -0.1) is 0 Å². The quantitative estimate of drug-likeness (QED) is 0.752. The Hall–Kier alpha value is -0.370. The van der Waals surface area contributed by atoms with E-state index in [0.29, 0.717) is 5.78 Å². The predicted octanol–water partition coefficient (Wildman–Crippen LogP) is 2.38. The minimum absolute atomic E-state index is 0.146. The number of carbonyl (C=O) groups is 1. The van der Waals surface area contributed by atoms with Gasteiger partial charge in [0.2, 0.25) is 0 Å². The Kier molecular flexibility index (Phi) is 4.11. The van der Waals surface area contributed by atoms with Gasteiger partial charge in [-0.3, -0.25) is 4.79 Å². The van der Waals surface area contributed by atoms with Crippen LogP contribution in [0.5, 0.6) is 0 Å². The van der Waals surface area contributed by atoms with Gasteiger partial charge in [0.15, 0.2) is 0 Å². The van der Waals surface area contributed by atoms with Gasteiger partial charge in [-0.05, 0) is 38.3 Å². The number of hydrogen-bond donors (Lipinski definition) is 1. The summed E-state index contributed by atoms with van der Waals surface area (Å²) in [5.41, 5.74) is -0.146. The SMILES string of the molecule is CC(C)(C)C(=O)CCC1CCNCC1. The van der Waals surface area contributed by atoms with E-state index in [2.05, 4.69) is 5.32 Å². The molecule has 0 unspecified atom stereocenters. The lowest BCUT2D eigenvalue weighted by atomic mass is 9.84. The van der Waals surface area contributed by atoms with Crippen molar-refractivity contribution in [2.24, 2.45) is 11.3 Å². The van der Waals surface area contributed by atoms with Crippen molar-refractivity contribution < 1.29 is 4.79 Å². The van der Waals surface area contributed by atoms with E-state index >= 15 is 0 Å². The Morgan fingerprint density at radius 2 is 1.86 bits per heavy atom. The van der Waals surface area contributed by atoms with E-state index in [0.717, 1.165) is 31.8 Å². The first-order valence-corrected chi connectivity index (χ1v) is 5.74. The maximum absolute atomic E-state index is 11.7. The maximum atomic E-state index is 11.7. The molecule has 1 fully saturated rings. The van der Waals surface area contributed by atoms with Crippen molar-refractivity contribution in [3.63, 3.8) is 0 Å². The van der Waals surface area contributed by atoms with Crippen molar-refractivity contribution in [1.29, 1.82) is 0 Å². The van der Waals surface area contributed by atoms with E-state index < -0.39 is 0 Å². The fourth-order valence-corrected chi connectivity index (χ4v) is 1.88. The lowest BCUT2D eigenvalue weighted by molar-refractivity contribution is -0.126. The second kappa shape index (κ2) is 4.92. The second-order valence-electron chi connectivity index (χ2n) is 5.41. The summed E-state index contributed by atoms with van der Waals surface area (Å²) in [5, 5.41) is 3.35. The van der Waals surface area contributed by atoms with E-state index in [1.54, 1.807) is 0 Å². The minimum atomic E-state index is -0.146. The van der Waals surface area contributed by atoms with Gasteiger partial charge in [-0.2, -0.15) is 0 Å². The van der Waals surface area contributed by atoms with Gasteiger partial charge in [0.25, 0.3) is 0 Å². The Balaban J connectivity index is 2.22. The first-order valence-electron chi connectivity index (χ1n) is 5.74. The highest BCUT2D eigenvalue weighted by Gasteiger charge is 2.22. The highest BCUT2D eigenvalue weighted by Crippen LogP contribution is 2.23. The smallest absolute Gasteiger partial charge is 0.138 e. The number of carbonyl (C=O) groups excluding carboxylic acids is 1. The number of rotatable bonds is 3. The molecule has 0 radical (unpaired) electrons. The predicted molar refractivity (Wildman–Crippen MR) is 59.3 cm³/mol. The Bertz CT molecular complexity index is 187. The zero-order chi connectivity index (χ0) is 10.6. The van der Waals surface area contributed by atoms with E-state index in [1.807, 2.05) is 20.8 Å². The van der Waals surface area contributed by atoms with Crippen molar-refractivity contribution in [1.82, 2.24) is 5.32 Å². The molecule has 1 N–H and O–H groups in total. The second-order valence-corrected chi connectivity index (χ2v) is 5.41. The zero-order valence-corrected chi connectivity index (χ0v) is 9.73. The highest BCUT2D eigenvalue weighted by atomic mass is 16.1. The van der Waals surface area contributed by atoms with Crippen molar-refractivity contribution in [3.05, 3.63) is 0 Å². The molecular formula is C12H23NO. The molecule has 82 valence electrons. The molecule has 0 bridgehead atoms. The van der Waals surface area contributed by atoms with Gasteiger partial charge in [0, 0.05) is 11.8 Å². The summed E-state index contributed by atoms with van der Waals surface area (Å²) in [7, 11) is 0. The third kappa shape index (κ3) is 3.79. The molecule has 2 nitrogen and oxygen atoms in total. The maximum Gasteiger partial charge on any atom is 0.138 e. The zero-order valence-electron chi connectivity index (χ0n) is 9.73. The minimum Gasteiger partial charge on any atom is -0.317 e. The van der Waals surface area contributed by atoms with E-state index in [9.17, 15) is 4.79 Å². The van der Waals surface area contributed by atoms with Crippen molar-refractivity contribution >= 4 is 5.78 Å². The van der Waals surface area contributed by atoms with Gasteiger partial charge >= 0.3 is 0 Å². The first kappa shape index (κ1) is 11.7. The van der Waals surface area contributed by atoms with E-state index in [-0.39, 0.29) is 5.41 Å². The summed E-state index contributed by atoms with van der Waals surface area (Å²) < 4.78 is 0. The molecule has 0 aliphatic carbocycles. The topological polar surface area (TPSA) is 29.1 Å². The third-order valence-electron chi connectivity index (χ3n) is 3.07. The number of nitrogens with one attached hydrogen (secondary N) is 1. The molecule has 1 aliphatic heterocycles. The van der Waals surface area contributed by atoms with Gasteiger partial charge in [-0.25, -0.2) is 0 Å². The molecule has 2 heteroatoms. The molecule has 0 aromatic rings. The van der Waals surface area contributed by atoms with Gasteiger partial charge in [-0.1, -0.05) is 20.8 Å². The fourth-order valence-electron chi connectivity index (χ4n) is 1.88. The summed E-state index contributed by atoms with van der Waals surface area (Å²) in [6.07, 6.45) is 4.36. The largest absolute Gasteiger partial charge is 0.317 e. The number of ketones is 1. The van der Waals surface area contributed by atoms with Crippen molar-refractivity contribution in [2.45, 2.75) is 46.5 Å². The number of hydrogen-bond acceptors (Lipinski definition) is 2. The lowest BCUT2D eigenvalue weighted by Gasteiger charge is -2.24. The monoisotopic (exact) mass is 197 g/mol. The number of piperidine rings is 1. The van der Waals surface area contributed by atoms with Crippen LogP contribution in [0, 0.1) is 11.3 Å². The number of Topliss-reactive ketones (excluding diaryl/α,β-unsaturated/α-hetero) is 1. The highest BCUT2D eigenvalue weighted by molar-refractivity contribution is 5.83. The van der Waals surface area contributed by atoms with Crippen LogP contribution in [-0.4, -0.2) is 18.9 Å². The molecule has 0 aromatic carbocycles. The summed E-state index contributed by atoms with van der Waals surface area (Å²) in [4.78, 5) is 11.7. The summed E-state index contributed by atoms with van der Waals surface area (Å²) in [6.45, 7) is 8.30. The lowest BCUT2D eigenvalue weighted by Crippen LogP contribution is -2.29. The van der Waals surface area contributed by atoms with Gasteiger partial charge in [0.05, 0.1) is 0 Å². The normalized spacial score (nSPS) is 19.6. The van der Waals surface area contributed by atoms with Crippen LogP contribution in [0.2, 0.25) is 0 Å². The molecule has 1 aliphatic rings. The molecule has 1 rings (SSSR count). The van der Waals surface area contributed by atoms with Crippen LogP contribution in [0.25, 0.3) is 0 Å². The Labute approximate surface area is 87.5 Å². The summed E-state index contributed by atoms with van der Waals surface area (Å²) >= 11 is 0. The first-order chi connectivity index (χ1) is 6.50.